The van der Waals surface area contributed by atoms with Crippen LogP contribution in [0, 0.1) is 11.8 Å². The van der Waals surface area contributed by atoms with Gasteiger partial charge in [-0.3, -0.25) is 9.59 Å². The van der Waals surface area contributed by atoms with Gasteiger partial charge in [-0.1, -0.05) is 58.0 Å². The summed E-state index contributed by atoms with van der Waals surface area (Å²) in [6.45, 7) is 8.16. The number of ether oxygens (including phenoxy) is 5. The number of carbonyl (C=O) groups excluding carboxylic acids is 5. The van der Waals surface area contributed by atoms with Gasteiger partial charge in [0.25, 0.3) is 0 Å². The summed E-state index contributed by atoms with van der Waals surface area (Å²) in [5, 5.41) is 1.50. The van der Waals surface area contributed by atoms with Gasteiger partial charge in [-0.25, -0.2) is 14.4 Å². The van der Waals surface area contributed by atoms with Crippen molar-refractivity contribution in [3.8, 4) is 0 Å². The van der Waals surface area contributed by atoms with Gasteiger partial charge in [0.05, 0.1) is 16.6 Å². The minimum atomic E-state index is -1.37. The standard InChI is InChI=1S/C24H33NO10S/c1-15(2)19(26)32-13-34-22(29)25-18(21(28)31-12-17-10-8-7-9-11-17)24(5,6)36-23(30)35-14-33-20(27)16(3)4/h7-11,15-16,18H,12-14H2,1-6H3,(H,25,29)/t18-/m0/s1. The highest BCUT2D eigenvalue weighted by Gasteiger charge is 2.41. The number of esters is 3. The average molecular weight is 528 g/mol. The molecule has 12 heteroatoms. The molecular weight excluding hydrogens is 494 g/mol. The summed E-state index contributed by atoms with van der Waals surface area (Å²) < 4.78 is 23.4. The van der Waals surface area contributed by atoms with Gasteiger partial charge >= 0.3 is 29.3 Å². The van der Waals surface area contributed by atoms with E-state index in [1.165, 1.54) is 13.8 Å². The summed E-state index contributed by atoms with van der Waals surface area (Å²) in [6, 6.07) is 7.49. The number of hydrogen-bond donors (Lipinski definition) is 1. The Bertz CT molecular complexity index is 901. The van der Waals surface area contributed by atoms with E-state index >= 15 is 0 Å². The number of amides is 1. The summed E-state index contributed by atoms with van der Waals surface area (Å²) in [6.07, 6.45) is -1.07. The Balaban J connectivity index is 2.83. The second-order valence-electron chi connectivity index (χ2n) is 8.67. The summed E-state index contributed by atoms with van der Waals surface area (Å²) >= 11 is 0.586. The predicted octanol–water partition coefficient (Wildman–Crippen LogP) is 3.79. The molecule has 0 aliphatic rings. The van der Waals surface area contributed by atoms with Crippen LogP contribution < -0.4 is 5.32 Å². The molecule has 1 atom stereocenters. The van der Waals surface area contributed by atoms with Crippen LogP contribution in [-0.2, 0) is 44.7 Å². The lowest BCUT2D eigenvalue weighted by molar-refractivity contribution is -0.156. The minimum Gasteiger partial charge on any atom is -0.459 e. The van der Waals surface area contributed by atoms with Gasteiger partial charge < -0.3 is 29.0 Å². The normalized spacial score (nSPS) is 11.9. The Kier molecular flexibility index (Phi) is 12.8. The first-order valence-corrected chi connectivity index (χ1v) is 12.0. The van der Waals surface area contributed by atoms with E-state index in [9.17, 15) is 24.0 Å². The van der Waals surface area contributed by atoms with E-state index in [0.29, 0.717) is 17.3 Å². The van der Waals surface area contributed by atoms with E-state index in [1.54, 1.807) is 52.0 Å². The zero-order chi connectivity index (χ0) is 27.3. The summed E-state index contributed by atoms with van der Waals surface area (Å²) in [4.78, 5) is 60.6. The average Bonchev–Trinajstić information content (AvgIpc) is 2.80. The summed E-state index contributed by atoms with van der Waals surface area (Å²) in [5.74, 6) is -2.77. The molecule has 1 rings (SSSR count). The number of hydrogen-bond acceptors (Lipinski definition) is 11. The first-order chi connectivity index (χ1) is 16.8. The van der Waals surface area contributed by atoms with Crippen molar-refractivity contribution in [2.24, 2.45) is 11.8 Å². The van der Waals surface area contributed by atoms with Crippen LogP contribution in [0.4, 0.5) is 9.59 Å². The molecule has 11 nitrogen and oxygen atoms in total. The van der Waals surface area contributed by atoms with Crippen LogP contribution in [0.15, 0.2) is 30.3 Å². The van der Waals surface area contributed by atoms with Crippen LogP contribution in [-0.4, -0.2) is 53.7 Å². The van der Waals surface area contributed by atoms with Crippen LogP contribution in [0.3, 0.4) is 0 Å². The van der Waals surface area contributed by atoms with Crippen LogP contribution in [0.5, 0.6) is 0 Å². The monoisotopic (exact) mass is 527 g/mol. The molecule has 1 aromatic carbocycles. The fraction of sp³-hybridized carbons (Fsp3) is 0.542. The van der Waals surface area contributed by atoms with Crippen LogP contribution in [0.1, 0.15) is 47.1 Å². The molecular formula is C24H33NO10S. The largest absolute Gasteiger partial charge is 0.459 e. The highest BCUT2D eigenvalue weighted by Crippen LogP contribution is 2.31. The summed E-state index contributed by atoms with van der Waals surface area (Å²) in [5.41, 5.74) is 0.713. The smallest absolute Gasteiger partial charge is 0.410 e. The molecule has 0 saturated heterocycles. The number of rotatable bonds is 12. The maximum absolute atomic E-state index is 12.9. The Hall–Kier alpha value is -3.28. The molecule has 0 spiro atoms. The van der Waals surface area contributed by atoms with Gasteiger partial charge in [0.2, 0.25) is 13.6 Å². The highest BCUT2D eigenvalue weighted by atomic mass is 32.2. The molecule has 1 N–H and O–H groups in total. The number of carbonyl (C=O) groups is 5. The Labute approximate surface area is 214 Å². The quantitative estimate of drug-likeness (QED) is 0.241. The Morgan fingerprint density at radius 2 is 1.31 bits per heavy atom. The van der Waals surface area contributed by atoms with E-state index in [1.807, 2.05) is 6.07 Å². The molecule has 0 unspecified atom stereocenters. The van der Waals surface area contributed by atoms with Gasteiger partial charge in [-0.05, 0) is 31.2 Å². The number of alkyl carbamates (subject to hydrolysis) is 1. The Morgan fingerprint density at radius 3 is 1.83 bits per heavy atom. The van der Waals surface area contributed by atoms with E-state index in [0.717, 1.165) is 0 Å². The topological polar surface area (TPSA) is 144 Å². The second kappa shape index (κ2) is 15.0. The van der Waals surface area contributed by atoms with E-state index < -0.39 is 65.5 Å². The molecule has 1 aromatic rings. The van der Waals surface area contributed by atoms with Crippen molar-refractivity contribution in [3.63, 3.8) is 0 Å². The molecule has 0 radical (unpaired) electrons. The van der Waals surface area contributed by atoms with Crippen LogP contribution in [0.2, 0.25) is 0 Å². The molecule has 200 valence electrons. The van der Waals surface area contributed by atoms with Crippen molar-refractivity contribution in [3.05, 3.63) is 35.9 Å². The van der Waals surface area contributed by atoms with E-state index in [-0.39, 0.29) is 6.61 Å². The van der Waals surface area contributed by atoms with Gasteiger partial charge in [-0.15, -0.1) is 0 Å². The molecule has 0 bridgehead atoms. The van der Waals surface area contributed by atoms with Crippen molar-refractivity contribution in [2.45, 2.75) is 58.9 Å². The van der Waals surface area contributed by atoms with Gasteiger partial charge in [0.15, 0.2) is 0 Å². The number of benzene rings is 1. The maximum Gasteiger partial charge on any atom is 0.410 e. The van der Waals surface area contributed by atoms with Crippen molar-refractivity contribution in [1.29, 1.82) is 0 Å². The van der Waals surface area contributed by atoms with Crippen molar-refractivity contribution >= 4 is 41.1 Å². The van der Waals surface area contributed by atoms with Gasteiger partial charge in [0.1, 0.15) is 12.6 Å². The second-order valence-corrected chi connectivity index (χ2v) is 10.3. The molecule has 36 heavy (non-hydrogen) atoms. The third-order valence-electron chi connectivity index (χ3n) is 4.48. The first-order valence-electron chi connectivity index (χ1n) is 11.2. The van der Waals surface area contributed by atoms with Crippen molar-refractivity contribution in [1.82, 2.24) is 5.32 Å². The third kappa shape index (κ3) is 11.4. The lowest BCUT2D eigenvalue weighted by atomic mass is 10.0. The molecule has 0 aliphatic carbocycles. The molecule has 0 aromatic heterocycles. The maximum atomic E-state index is 12.9. The SMILES string of the molecule is CC(C)C(=O)OCOC(=O)N[C@@H](C(=O)OCc1ccccc1)C(C)(C)SC(=O)OCOC(=O)C(C)C. The number of thioether (sulfide) groups is 1. The zero-order valence-corrected chi connectivity index (χ0v) is 22.0. The molecule has 0 aliphatic heterocycles. The highest BCUT2D eigenvalue weighted by molar-refractivity contribution is 8.14. The number of nitrogens with one attached hydrogen (secondary N) is 1. The van der Waals surface area contributed by atoms with Crippen LogP contribution >= 0.6 is 11.8 Å². The van der Waals surface area contributed by atoms with Gasteiger partial charge in [-0.2, -0.15) is 0 Å². The fourth-order valence-corrected chi connectivity index (χ4v) is 3.21. The van der Waals surface area contributed by atoms with Crippen LogP contribution in [0.25, 0.3) is 0 Å². The molecule has 0 saturated carbocycles. The van der Waals surface area contributed by atoms with E-state index in [2.05, 4.69) is 5.32 Å². The molecule has 0 heterocycles. The predicted molar refractivity (Wildman–Crippen MR) is 129 cm³/mol. The molecule has 0 fully saturated rings. The zero-order valence-electron chi connectivity index (χ0n) is 21.2. The summed E-state index contributed by atoms with van der Waals surface area (Å²) in [7, 11) is 0. The van der Waals surface area contributed by atoms with E-state index in [4.69, 9.17) is 23.7 Å². The third-order valence-corrected chi connectivity index (χ3v) is 5.52. The fourth-order valence-electron chi connectivity index (χ4n) is 2.40. The minimum absolute atomic E-state index is 0.0742. The van der Waals surface area contributed by atoms with Gasteiger partial charge in [0, 0.05) is 0 Å². The lowest BCUT2D eigenvalue weighted by Crippen LogP contribution is -2.53. The lowest BCUT2D eigenvalue weighted by Gasteiger charge is -2.31. The molecule has 1 amide bonds. The Morgan fingerprint density at radius 1 is 0.778 bits per heavy atom. The first kappa shape index (κ1) is 30.8. The van der Waals surface area contributed by atoms with Crippen molar-refractivity contribution in [2.75, 3.05) is 13.6 Å². The van der Waals surface area contributed by atoms with Crippen molar-refractivity contribution < 1.29 is 47.7 Å².